The number of fused-ring (bicyclic) bond motifs is 1. The minimum Gasteiger partial charge on any atom is -0.493 e. The van der Waals surface area contributed by atoms with Crippen LogP contribution < -0.4 is 20.1 Å². The molecule has 2 fully saturated rings. The molecule has 12 heteroatoms. The standard InChI is InChI=1S/C32H40N4O8/c1-42-26-15-14-21(19-27(26)43-2)16-17-33-28(37)13-8-18-35-30(39)23-10-5-7-12-25(23)36(32(35)41)20-29(38)34-24-11-6-4-9-22(24)31(40)44-3/h4,6,9,11,14-15,19,23,25H,5,7-8,10,12-13,16-18,20H2,1-3H3,(H,33,37)(H,34,38). The Morgan fingerprint density at radius 1 is 0.932 bits per heavy atom. The normalized spacial score (nSPS) is 17.9. The average Bonchev–Trinajstić information content (AvgIpc) is 3.04. The molecule has 2 aromatic carbocycles. The van der Waals surface area contributed by atoms with E-state index in [0.717, 1.165) is 18.4 Å². The van der Waals surface area contributed by atoms with Crippen molar-refractivity contribution in [3.05, 3.63) is 53.6 Å². The third kappa shape index (κ3) is 7.66. The molecule has 0 bridgehead atoms. The number of hydrogen-bond acceptors (Lipinski definition) is 8. The van der Waals surface area contributed by atoms with Crippen molar-refractivity contribution in [2.45, 2.75) is 51.0 Å². The van der Waals surface area contributed by atoms with Crippen LogP contribution in [0.1, 0.15) is 54.4 Å². The Balaban J connectivity index is 1.32. The summed E-state index contributed by atoms with van der Waals surface area (Å²) in [5.41, 5.74) is 1.45. The fraction of sp³-hybridized carbons (Fsp3) is 0.469. The van der Waals surface area contributed by atoms with Crippen molar-refractivity contribution in [3.8, 4) is 11.5 Å². The third-order valence-corrected chi connectivity index (χ3v) is 8.08. The van der Waals surface area contributed by atoms with Crippen LogP contribution in [0, 0.1) is 5.92 Å². The molecule has 2 aliphatic rings. The van der Waals surface area contributed by atoms with Crippen LogP contribution in [0.2, 0.25) is 0 Å². The van der Waals surface area contributed by atoms with Crippen LogP contribution >= 0.6 is 0 Å². The Morgan fingerprint density at radius 2 is 1.68 bits per heavy atom. The maximum absolute atomic E-state index is 13.6. The first-order chi connectivity index (χ1) is 21.3. The SMILES string of the molecule is COC(=O)c1ccccc1NC(=O)CN1C(=O)N(CCCC(=O)NCCc2ccc(OC)c(OC)c2)C(=O)C2CCCCC21. The molecule has 2 unspecified atom stereocenters. The molecule has 1 aliphatic carbocycles. The number of amides is 5. The molecule has 0 spiro atoms. The van der Waals surface area contributed by atoms with Crippen LogP contribution in [0.4, 0.5) is 10.5 Å². The fourth-order valence-electron chi connectivity index (χ4n) is 5.85. The van der Waals surface area contributed by atoms with Crippen molar-refractivity contribution < 1.29 is 38.2 Å². The smallest absolute Gasteiger partial charge is 0.339 e. The summed E-state index contributed by atoms with van der Waals surface area (Å²) in [5.74, 6) is -0.660. The van der Waals surface area contributed by atoms with E-state index >= 15 is 0 Å². The lowest BCUT2D eigenvalue weighted by Gasteiger charge is -2.46. The highest BCUT2D eigenvalue weighted by Gasteiger charge is 2.47. The number of para-hydroxylation sites is 1. The van der Waals surface area contributed by atoms with Gasteiger partial charge in [0, 0.05) is 25.6 Å². The molecule has 44 heavy (non-hydrogen) atoms. The maximum Gasteiger partial charge on any atom is 0.339 e. The number of carbonyl (C=O) groups is 5. The predicted molar refractivity (Wildman–Crippen MR) is 161 cm³/mol. The number of benzene rings is 2. The second kappa shape index (κ2) is 15.2. The summed E-state index contributed by atoms with van der Waals surface area (Å²) in [4.78, 5) is 67.3. The van der Waals surface area contributed by atoms with E-state index in [1.807, 2.05) is 18.2 Å². The molecule has 1 saturated heterocycles. The zero-order valence-electron chi connectivity index (χ0n) is 25.4. The van der Waals surface area contributed by atoms with Crippen molar-refractivity contribution >= 4 is 35.4 Å². The summed E-state index contributed by atoms with van der Waals surface area (Å²) in [7, 11) is 4.39. The first kappa shape index (κ1) is 32.3. The molecular weight excluding hydrogens is 568 g/mol. The number of imide groups is 1. The maximum atomic E-state index is 13.6. The first-order valence-electron chi connectivity index (χ1n) is 14.8. The van der Waals surface area contributed by atoms with Gasteiger partial charge in [0.25, 0.3) is 0 Å². The molecule has 1 aliphatic heterocycles. The second-order valence-electron chi connectivity index (χ2n) is 10.8. The minimum atomic E-state index is -0.593. The van der Waals surface area contributed by atoms with Gasteiger partial charge < -0.3 is 29.7 Å². The number of ether oxygens (including phenoxy) is 3. The molecule has 2 atom stereocenters. The van der Waals surface area contributed by atoms with Crippen LogP contribution in [-0.2, 0) is 25.5 Å². The number of hydrogen-bond donors (Lipinski definition) is 2. The van der Waals surface area contributed by atoms with E-state index < -0.39 is 23.8 Å². The van der Waals surface area contributed by atoms with Crippen molar-refractivity contribution in [2.24, 2.45) is 5.92 Å². The van der Waals surface area contributed by atoms with Gasteiger partial charge in [0.05, 0.1) is 38.5 Å². The molecule has 4 rings (SSSR count). The Hall–Kier alpha value is -4.61. The van der Waals surface area contributed by atoms with Gasteiger partial charge in [-0.2, -0.15) is 0 Å². The quantitative estimate of drug-likeness (QED) is 0.330. The summed E-state index contributed by atoms with van der Waals surface area (Å²) >= 11 is 0. The van der Waals surface area contributed by atoms with E-state index in [9.17, 15) is 24.0 Å². The number of carbonyl (C=O) groups excluding carboxylic acids is 5. The fourth-order valence-corrected chi connectivity index (χ4v) is 5.85. The number of nitrogens with zero attached hydrogens (tertiary/aromatic N) is 2. The van der Waals surface area contributed by atoms with Gasteiger partial charge in [0.15, 0.2) is 11.5 Å². The predicted octanol–water partition coefficient (Wildman–Crippen LogP) is 3.39. The number of anilines is 1. The van der Waals surface area contributed by atoms with Gasteiger partial charge in [-0.3, -0.25) is 19.3 Å². The molecule has 1 saturated carbocycles. The highest BCUT2D eigenvalue weighted by molar-refractivity contribution is 6.04. The van der Waals surface area contributed by atoms with Gasteiger partial charge in [0.1, 0.15) is 6.54 Å². The molecule has 0 radical (unpaired) electrons. The molecule has 2 aromatic rings. The van der Waals surface area contributed by atoms with E-state index in [0.29, 0.717) is 43.7 Å². The number of methoxy groups -OCH3 is 3. The van der Waals surface area contributed by atoms with Crippen molar-refractivity contribution in [2.75, 3.05) is 46.3 Å². The van der Waals surface area contributed by atoms with Crippen LogP contribution in [0.25, 0.3) is 0 Å². The van der Waals surface area contributed by atoms with E-state index in [4.69, 9.17) is 14.2 Å². The highest BCUT2D eigenvalue weighted by atomic mass is 16.5. The van der Waals surface area contributed by atoms with E-state index in [1.54, 1.807) is 32.4 Å². The summed E-state index contributed by atoms with van der Waals surface area (Å²) in [5, 5.41) is 5.60. The zero-order chi connectivity index (χ0) is 31.6. The first-order valence-corrected chi connectivity index (χ1v) is 14.8. The van der Waals surface area contributed by atoms with Gasteiger partial charge in [-0.1, -0.05) is 31.0 Å². The monoisotopic (exact) mass is 608 g/mol. The molecule has 1 heterocycles. The van der Waals surface area contributed by atoms with Crippen molar-refractivity contribution in [3.63, 3.8) is 0 Å². The van der Waals surface area contributed by atoms with E-state index in [1.165, 1.54) is 23.0 Å². The molecule has 236 valence electrons. The summed E-state index contributed by atoms with van der Waals surface area (Å²) in [6.45, 7) is 0.227. The average molecular weight is 609 g/mol. The molecule has 0 aromatic heterocycles. The van der Waals surface area contributed by atoms with Gasteiger partial charge in [-0.05, 0) is 55.5 Å². The zero-order valence-corrected chi connectivity index (χ0v) is 25.4. The van der Waals surface area contributed by atoms with Gasteiger partial charge >= 0.3 is 12.0 Å². The Kier molecular flexibility index (Phi) is 11.2. The van der Waals surface area contributed by atoms with Gasteiger partial charge in [0.2, 0.25) is 17.7 Å². The largest absolute Gasteiger partial charge is 0.493 e. The number of esters is 1. The number of rotatable bonds is 13. The lowest BCUT2D eigenvalue weighted by atomic mass is 9.81. The van der Waals surface area contributed by atoms with Crippen LogP contribution in [0.3, 0.4) is 0 Å². The summed E-state index contributed by atoms with van der Waals surface area (Å²) in [6.07, 6.45) is 4.01. The Morgan fingerprint density at radius 3 is 2.43 bits per heavy atom. The van der Waals surface area contributed by atoms with E-state index in [-0.39, 0.29) is 48.6 Å². The van der Waals surface area contributed by atoms with Crippen molar-refractivity contribution in [1.29, 1.82) is 0 Å². The minimum absolute atomic E-state index is 0.0767. The molecular formula is C32H40N4O8. The lowest BCUT2D eigenvalue weighted by molar-refractivity contribution is -0.142. The van der Waals surface area contributed by atoms with E-state index in [2.05, 4.69) is 10.6 Å². The highest BCUT2D eigenvalue weighted by Crippen LogP contribution is 2.35. The van der Waals surface area contributed by atoms with Crippen LogP contribution in [0.15, 0.2) is 42.5 Å². The molecule has 2 N–H and O–H groups in total. The van der Waals surface area contributed by atoms with Gasteiger partial charge in [-0.25, -0.2) is 9.59 Å². The van der Waals surface area contributed by atoms with Crippen LogP contribution in [0.5, 0.6) is 11.5 Å². The number of urea groups is 1. The topological polar surface area (TPSA) is 144 Å². The van der Waals surface area contributed by atoms with Crippen LogP contribution in [-0.4, -0.2) is 86.5 Å². The summed E-state index contributed by atoms with van der Waals surface area (Å²) < 4.78 is 15.4. The molecule has 12 nitrogen and oxygen atoms in total. The molecule has 5 amide bonds. The summed E-state index contributed by atoms with van der Waals surface area (Å²) in [6, 6.07) is 11.1. The van der Waals surface area contributed by atoms with Gasteiger partial charge in [-0.15, -0.1) is 0 Å². The lowest BCUT2D eigenvalue weighted by Crippen LogP contribution is -2.63. The Labute approximate surface area is 257 Å². The Bertz CT molecular complexity index is 1380. The number of nitrogens with one attached hydrogen (secondary N) is 2. The second-order valence-corrected chi connectivity index (χ2v) is 10.8. The third-order valence-electron chi connectivity index (χ3n) is 8.08. The van der Waals surface area contributed by atoms with Crippen molar-refractivity contribution in [1.82, 2.24) is 15.1 Å².